The van der Waals surface area contributed by atoms with Gasteiger partial charge in [0.15, 0.2) is 0 Å². The Kier molecular flexibility index (Phi) is 12.3. The molecule has 0 fully saturated rings. The molecule has 0 aromatic heterocycles. The van der Waals surface area contributed by atoms with Crippen LogP contribution < -0.4 is 0 Å². The van der Waals surface area contributed by atoms with Crippen LogP contribution in [0.5, 0.6) is 0 Å². The van der Waals surface area contributed by atoms with Crippen molar-refractivity contribution in [1.82, 2.24) is 0 Å². The molecule has 0 N–H and O–H groups in total. The van der Waals surface area contributed by atoms with Crippen LogP contribution in [0, 0.1) is 18.3 Å². The molecule has 1 aromatic carbocycles. The lowest BCUT2D eigenvalue weighted by Crippen LogP contribution is -2.21. The minimum absolute atomic E-state index is 0.00530. The summed E-state index contributed by atoms with van der Waals surface area (Å²) < 4.78 is 0. The Bertz CT molecular complexity index is 855. The molecule has 0 saturated heterocycles. The van der Waals surface area contributed by atoms with Crippen LogP contribution in [0.15, 0.2) is 38.2 Å². The zero-order chi connectivity index (χ0) is 22.3. The normalized spacial score (nSPS) is 11.8. The van der Waals surface area contributed by atoms with E-state index in [0.717, 1.165) is 18.4 Å². The number of hydrogen-bond donors (Lipinski definition) is 0. The zero-order valence-electron chi connectivity index (χ0n) is 17.4. The Morgan fingerprint density at radius 1 is 0.931 bits per heavy atom. The van der Waals surface area contributed by atoms with Gasteiger partial charge in [-0.2, -0.15) is 9.98 Å². The van der Waals surface area contributed by atoms with Crippen molar-refractivity contribution in [2.75, 3.05) is 6.54 Å². The van der Waals surface area contributed by atoms with Gasteiger partial charge in [-0.05, 0) is 55.7 Å². The number of nitrogens with zero attached hydrogens (tertiary/aromatic N) is 4. The molecule has 0 aliphatic carbocycles. The van der Waals surface area contributed by atoms with E-state index in [2.05, 4.69) is 40.7 Å². The highest BCUT2D eigenvalue weighted by Crippen LogP contribution is 2.31. The van der Waals surface area contributed by atoms with Crippen LogP contribution in [0.2, 0.25) is 0 Å². The lowest BCUT2D eigenvalue weighted by Gasteiger charge is -2.28. The standard InChI is InChI=1S/C12H20N2O2.C9H6N2O2/c1-10(7-13-8-15)5-12(3,4)6-11(2)14-9-16;1-7-2-3-8(10-5-12)4-9(7)11-6-13/h10-11H,5-7H2,1-4H3;2-4H,1H3. The maximum atomic E-state index is 10.1. The van der Waals surface area contributed by atoms with E-state index in [0.29, 0.717) is 23.8 Å². The fourth-order valence-electron chi connectivity index (χ4n) is 3.11. The third-order valence-corrected chi connectivity index (χ3v) is 4.02. The summed E-state index contributed by atoms with van der Waals surface area (Å²) in [6.07, 6.45) is 7.74. The van der Waals surface area contributed by atoms with Gasteiger partial charge in [0.1, 0.15) is 0 Å². The van der Waals surface area contributed by atoms with Gasteiger partial charge in [0.05, 0.1) is 24.0 Å². The van der Waals surface area contributed by atoms with E-state index in [1.807, 2.05) is 6.92 Å². The predicted octanol–water partition coefficient (Wildman–Crippen LogP) is 4.42. The molecule has 0 saturated carbocycles. The monoisotopic (exact) mass is 398 g/mol. The van der Waals surface area contributed by atoms with Crippen molar-refractivity contribution in [3.05, 3.63) is 23.8 Å². The van der Waals surface area contributed by atoms with Gasteiger partial charge < -0.3 is 0 Å². The van der Waals surface area contributed by atoms with E-state index in [1.54, 1.807) is 31.2 Å². The molecule has 0 aliphatic heterocycles. The van der Waals surface area contributed by atoms with Gasteiger partial charge in [-0.1, -0.05) is 26.8 Å². The average Bonchev–Trinajstić information content (AvgIpc) is 2.63. The number of aryl methyl sites for hydroxylation is 1. The van der Waals surface area contributed by atoms with Crippen LogP contribution >= 0.6 is 0 Å². The van der Waals surface area contributed by atoms with Crippen LogP contribution in [0.3, 0.4) is 0 Å². The summed E-state index contributed by atoms with van der Waals surface area (Å²) in [5, 5.41) is 0. The Hall–Kier alpha value is -3.26. The maximum Gasteiger partial charge on any atom is 0.240 e. The molecular weight excluding hydrogens is 372 g/mol. The fraction of sp³-hybridized carbons (Fsp3) is 0.524. The first-order valence-electron chi connectivity index (χ1n) is 9.06. The highest BCUT2D eigenvalue weighted by molar-refractivity contribution is 5.61. The molecular formula is C21H26N4O4. The first-order chi connectivity index (χ1) is 13.7. The van der Waals surface area contributed by atoms with E-state index in [9.17, 15) is 19.2 Å². The molecule has 8 nitrogen and oxygen atoms in total. The molecule has 0 amide bonds. The largest absolute Gasteiger partial charge is 0.240 e. The van der Waals surface area contributed by atoms with Crippen LogP contribution in [0.4, 0.5) is 11.4 Å². The van der Waals surface area contributed by atoms with Crippen LogP contribution in [0.25, 0.3) is 0 Å². The summed E-state index contributed by atoms with van der Waals surface area (Å²) in [6.45, 7) is 10.5. The topological polar surface area (TPSA) is 118 Å². The second kappa shape index (κ2) is 13.8. The summed E-state index contributed by atoms with van der Waals surface area (Å²) in [6, 6.07) is 4.87. The summed E-state index contributed by atoms with van der Waals surface area (Å²) in [4.78, 5) is 54.1. The van der Waals surface area contributed by atoms with Crippen molar-refractivity contribution < 1.29 is 19.2 Å². The second-order valence-corrected chi connectivity index (χ2v) is 7.56. The SMILES string of the molecule is CC(CN=C=O)CC(C)(C)CC(C)N=C=O.Cc1ccc(N=C=O)cc1N=C=O. The van der Waals surface area contributed by atoms with E-state index in [-0.39, 0.29) is 11.5 Å². The van der Waals surface area contributed by atoms with E-state index in [1.165, 1.54) is 18.2 Å². The first kappa shape index (κ1) is 25.7. The van der Waals surface area contributed by atoms with Crippen molar-refractivity contribution in [3.63, 3.8) is 0 Å². The molecule has 154 valence electrons. The highest BCUT2D eigenvalue weighted by Gasteiger charge is 2.23. The van der Waals surface area contributed by atoms with E-state index < -0.39 is 0 Å². The molecule has 2 unspecified atom stereocenters. The quantitative estimate of drug-likeness (QED) is 0.452. The molecule has 8 heteroatoms. The van der Waals surface area contributed by atoms with Gasteiger partial charge in [-0.25, -0.2) is 29.2 Å². The number of carbonyl (C=O) groups excluding carboxylic acids is 4. The minimum atomic E-state index is -0.00530. The molecule has 0 bridgehead atoms. The summed E-state index contributed by atoms with van der Waals surface area (Å²) >= 11 is 0. The average molecular weight is 398 g/mol. The second-order valence-electron chi connectivity index (χ2n) is 7.56. The van der Waals surface area contributed by atoms with Crippen molar-refractivity contribution in [2.24, 2.45) is 31.3 Å². The third kappa shape index (κ3) is 11.9. The summed E-state index contributed by atoms with van der Waals surface area (Å²) in [5.41, 5.74) is 1.80. The molecule has 1 aromatic rings. The summed E-state index contributed by atoms with van der Waals surface area (Å²) in [5.74, 6) is 0.337. The van der Waals surface area contributed by atoms with Gasteiger partial charge in [-0.15, -0.1) is 0 Å². The van der Waals surface area contributed by atoms with Crippen molar-refractivity contribution in [2.45, 2.75) is 53.5 Å². The molecule has 0 spiro atoms. The molecule has 0 radical (unpaired) electrons. The van der Waals surface area contributed by atoms with Crippen molar-refractivity contribution in [1.29, 1.82) is 0 Å². The number of hydrogen-bond acceptors (Lipinski definition) is 8. The van der Waals surface area contributed by atoms with Crippen molar-refractivity contribution in [3.8, 4) is 0 Å². The minimum Gasteiger partial charge on any atom is -0.211 e. The number of isocyanates is 4. The van der Waals surface area contributed by atoms with Crippen LogP contribution in [-0.2, 0) is 19.2 Å². The number of aliphatic imine (C=N–C) groups is 4. The third-order valence-electron chi connectivity index (χ3n) is 4.02. The summed E-state index contributed by atoms with van der Waals surface area (Å²) in [7, 11) is 0. The van der Waals surface area contributed by atoms with E-state index >= 15 is 0 Å². The van der Waals surface area contributed by atoms with Gasteiger partial charge in [0.2, 0.25) is 24.3 Å². The molecule has 0 aliphatic rings. The molecule has 29 heavy (non-hydrogen) atoms. The first-order valence-corrected chi connectivity index (χ1v) is 9.06. The van der Waals surface area contributed by atoms with Gasteiger partial charge in [0, 0.05) is 0 Å². The van der Waals surface area contributed by atoms with Gasteiger partial charge in [0.25, 0.3) is 0 Å². The lowest BCUT2D eigenvalue weighted by atomic mass is 9.79. The Balaban J connectivity index is 0.000000551. The lowest BCUT2D eigenvalue weighted by molar-refractivity contribution is 0.246. The van der Waals surface area contributed by atoms with Gasteiger partial charge in [-0.3, -0.25) is 0 Å². The Morgan fingerprint density at radius 3 is 2.14 bits per heavy atom. The van der Waals surface area contributed by atoms with Gasteiger partial charge >= 0.3 is 0 Å². The number of rotatable bonds is 9. The predicted molar refractivity (Wildman–Crippen MR) is 109 cm³/mol. The Labute approximate surface area is 170 Å². The smallest absolute Gasteiger partial charge is 0.211 e. The van der Waals surface area contributed by atoms with Crippen molar-refractivity contribution >= 4 is 35.7 Å². The molecule has 2 atom stereocenters. The van der Waals surface area contributed by atoms with Crippen LogP contribution in [-0.4, -0.2) is 36.9 Å². The maximum absolute atomic E-state index is 10.1. The number of benzene rings is 1. The zero-order valence-corrected chi connectivity index (χ0v) is 17.4. The Morgan fingerprint density at radius 2 is 1.59 bits per heavy atom. The highest BCUT2D eigenvalue weighted by atomic mass is 16.1. The molecule has 0 heterocycles. The van der Waals surface area contributed by atoms with E-state index in [4.69, 9.17) is 0 Å². The fourth-order valence-corrected chi connectivity index (χ4v) is 3.11. The molecule has 1 rings (SSSR count). The van der Waals surface area contributed by atoms with Crippen LogP contribution in [0.1, 0.15) is 46.1 Å².